The highest BCUT2D eigenvalue weighted by atomic mass is 32.2. The summed E-state index contributed by atoms with van der Waals surface area (Å²) in [6.45, 7) is 2.01. The molecule has 8 heteroatoms. The molecule has 1 aromatic carbocycles. The Bertz CT molecular complexity index is 734. The van der Waals surface area contributed by atoms with Crippen LogP contribution in [0.25, 0.3) is 0 Å². The summed E-state index contributed by atoms with van der Waals surface area (Å²) < 4.78 is 31.4. The van der Waals surface area contributed by atoms with Crippen LogP contribution in [0, 0.1) is 0 Å². The molecule has 0 aliphatic heterocycles. The highest BCUT2D eigenvalue weighted by Gasteiger charge is 2.13. The lowest BCUT2D eigenvalue weighted by molar-refractivity contribution is 0.0702. The van der Waals surface area contributed by atoms with Crippen LogP contribution in [0.4, 0.5) is 0 Å². The van der Waals surface area contributed by atoms with Crippen molar-refractivity contribution in [3.63, 3.8) is 0 Å². The molecule has 2 aromatic rings. The first-order valence-electron chi connectivity index (χ1n) is 6.02. The minimum Gasteiger partial charge on any atom is -0.477 e. The molecule has 112 valence electrons. The van der Waals surface area contributed by atoms with E-state index in [0.717, 1.165) is 11.3 Å². The van der Waals surface area contributed by atoms with Gasteiger partial charge in [-0.15, -0.1) is 11.3 Å². The zero-order valence-corrected chi connectivity index (χ0v) is 12.7. The summed E-state index contributed by atoms with van der Waals surface area (Å²) in [6, 6.07) is 7.30. The summed E-state index contributed by atoms with van der Waals surface area (Å²) in [4.78, 5) is 11.1. The predicted molar refractivity (Wildman–Crippen MR) is 78.7 cm³/mol. The monoisotopic (exact) mass is 327 g/mol. The lowest BCUT2D eigenvalue weighted by Gasteiger charge is -2.06. The van der Waals surface area contributed by atoms with Crippen molar-refractivity contribution >= 4 is 27.3 Å². The van der Waals surface area contributed by atoms with E-state index in [1.807, 2.05) is 0 Å². The maximum absolute atomic E-state index is 11.8. The number of nitrogens with one attached hydrogen (secondary N) is 1. The molecule has 0 radical (unpaired) electrons. The third kappa shape index (κ3) is 3.81. The smallest absolute Gasteiger partial charge is 0.346 e. The van der Waals surface area contributed by atoms with Crippen LogP contribution >= 0.6 is 11.3 Å². The molecule has 0 bridgehead atoms. The number of hydrogen-bond donors (Lipinski definition) is 2. The number of carboxylic acids is 1. The van der Waals surface area contributed by atoms with E-state index in [1.54, 1.807) is 12.3 Å². The topological polar surface area (TPSA) is 92.7 Å². The fraction of sp³-hybridized carbons (Fsp3) is 0.154. The van der Waals surface area contributed by atoms with Crippen LogP contribution in [-0.4, -0.2) is 26.0 Å². The fourth-order valence-electron chi connectivity index (χ4n) is 1.58. The Morgan fingerprint density at radius 1 is 1.29 bits per heavy atom. The molecule has 0 fully saturated rings. The van der Waals surface area contributed by atoms with Gasteiger partial charge in [0, 0.05) is 18.0 Å². The lowest BCUT2D eigenvalue weighted by atomic mass is 10.3. The molecule has 1 aromatic heterocycles. The maximum Gasteiger partial charge on any atom is 0.346 e. The Labute approximate surface area is 126 Å². The van der Waals surface area contributed by atoms with Crippen LogP contribution in [0.15, 0.2) is 40.6 Å². The van der Waals surface area contributed by atoms with Crippen molar-refractivity contribution in [2.24, 2.45) is 0 Å². The normalized spacial score (nSPS) is 11.3. The molecule has 0 aliphatic rings. The van der Waals surface area contributed by atoms with Crippen LogP contribution in [0.2, 0.25) is 0 Å². The van der Waals surface area contributed by atoms with Crippen LogP contribution in [-0.2, 0) is 10.0 Å². The van der Waals surface area contributed by atoms with E-state index in [4.69, 9.17) is 9.84 Å². The Morgan fingerprint density at radius 3 is 2.48 bits per heavy atom. The summed E-state index contributed by atoms with van der Waals surface area (Å²) in [7, 11) is -3.49. The number of benzene rings is 1. The van der Waals surface area contributed by atoms with Gasteiger partial charge in [0.1, 0.15) is 16.4 Å². The van der Waals surface area contributed by atoms with Gasteiger partial charge in [-0.1, -0.05) is 6.92 Å². The maximum atomic E-state index is 11.8. The second-order valence-electron chi connectivity index (χ2n) is 4.03. The molecule has 0 spiro atoms. The van der Waals surface area contributed by atoms with E-state index in [0.29, 0.717) is 18.0 Å². The SMILES string of the molecule is CCNS(=O)(=O)c1ccc(Oc2csc(C(=O)O)c2)cc1. The van der Waals surface area contributed by atoms with Gasteiger partial charge in [0.25, 0.3) is 0 Å². The minimum atomic E-state index is -3.49. The van der Waals surface area contributed by atoms with E-state index in [2.05, 4.69) is 4.72 Å². The van der Waals surface area contributed by atoms with Crippen LogP contribution in [0.5, 0.6) is 11.5 Å². The number of rotatable bonds is 6. The Kier molecular flexibility index (Phi) is 4.61. The standard InChI is InChI=1S/C13H13NO5S2/c1-2-14-21(17,18)11-5-3-9(4-6-11)19-10-7-12(13(15)16)20-8-10/h3-8,14H,2H2,1H3,(H,15,16). The van der Waals surface area contributed by atoms with Crippen molar-refractivity contribution in [2.45, 2.75) is 11.8 Å². The Balaban J connectivity index is 2.14. The molecule has 6 nitrogen and oxygen atoms in total. The number of thiophene rings is 1. The molecule has 2 rings (SSSR count). The molecule has 0 aliphatic carbocycles. The molecule has 21 heavy (non-hydrogen) atoms. The van der Waals surface area contributed by atoms with Crippen LogP contribution in [0.1, 0.15) is 16.6 Å². The number of ether oxygens (including phenoxy) is 1. The van der Waals surface area contributed by atoms with Crippen molar-refractivity contribution in [1.29, 1.82) is 0 Å². The zero-order chi connectivity index (χ0) is 15.5. The van der Waals surface area contributed by atoms with Crippen molar-refractivity contribution < 1.29 is 23.1 Å². The highest BCUT2D eigenvalue weighted by molar-refractivity contribution is 7.89. The van der Waals surface area contributed by atoms with E-state index in [-0.39, 0.29) is 9.77 Å². The Morgan fingerprint density at radius 2 is 1.95 bits per heavy atom. The summed E-state index contributed by atoms with van der Waals surface area (Å²) in [5.74, 6) is -0.179. The second kappa shape index (κ2) is 6.25. The molecular weight excluding hydrogens is 314 g/mol. The largest absolute Gasteiger partial charge is 0.477 e. The molecule has 0 amide bonds. The number of carbonyl (C=O) groups is 1. The molecule has 1 heterocycles. The van der Waals surface area contributed by atoms with Gasteiger partial charge in [0.05, 0.1) is 4.90 Å². The third-order valence-electron chi connectivity index (χ3n) is 2.49. The van der Waals surface area contributed by atoms with Gasteiger partial charge in [0.15, 0.2) is 0 Å². The van der Waals surface area contributed by atoms with Crippen molar-refractivity contribution in [3.05, 3.63) is 40.6 Å². The molecule has 2 N–H and O–H groups in total. The predicted octanol–water partition coefficient (Wildman–Crippen LogP) is 2.54. The number of carboxylic acid groups (broad SMARTS) is 1. The molecular formula is C13H13NO5S2. The first kappa shape index (κ1) is 15.5. The van der Waals surface area contributed by atoms with Crippen molar-refractivity contribution in [1.82, 2.24) is 4.72 Å². The van der Waals surface area contributed by atoms with Crippen LogP contribution < -0.4 is 9.46 Å². The number of aromatic carboxylic acids is 1. The highest BCUT2D eigenvalue weighted by Crippen LogP contribution is 2.27. The zero-order valence-electron chi connectivity index (χ0n) is 11.1. The minimum absolute atomic E-state index is 0.147. The Hall–Kier alpha value is -1.90. The second-order valence-corrected chi connectivity index (χ2v) is 6.70. The molecule has 0 saturated carbocycles. The first-order chi connectivity index (χ1) is 9.92. The van der Waals surface area contributed by atoms with E-state index < -0.39 is 16.0 Å². The summed E-state index contributed by atoms with van der Waals surface area (Å²) in [6.07, 6.45) is 0. The summed E-state index contributed by atoms with van der Waals surface area (Å²) in [5.41, 5.74) is 0. The van der Waals surface area contributed by atoms with Gasteiger partial charge in [0.2, 0.25) is 10.0 Å². The van der Waals surface area contributed by atoms with Crippen LogP contribution in [0.3, 0.4) is 0 Å². The number of hydrogen-bond acceptors (Lipinski definition) is 5. The van der Waals surface area contributed by atoms with Gasteiger partial charge in [-0.2, -0.15) is 0 Å². The van der Waals surface area contributed by atoms with Gasteiger partial charge >= 0.3 is 5.97 Å². The quantitative estimate of drug-likeness (QED) is 0.850. The number of sulfonamides is 1. The lowest BCUT2D eigenvalue weighted by Crippen LogP contribution is -2.22. The molecule has 0 saturated heterocycles. The van der Waals surface area contributed by atoms with Gasteiger partial charge in [-0.05, 0) is 24.3 Å². The van der Waals surface area contributed by atoms with E-state index >= 15 is 0 Å². The van der Waals surface area contributed by atoms with Gasteiger partial charge in [-0.3, -0.25) is 0 Å². The average Bonchev–Trinajstić information content (AvgIpc) is 2.88. The first-order valence-corrected chi connectivity index (χ1v) is 8.38. The van der Waals surface area contributed by atoms with Crippen molar-refractivity contribution in [3.8, 4) is 11.5 Å². The van der Waals surface area contributed by atoms with E-state index in [9.17, 15) is 13.2 Å². The van der Waals surface area contributed by atoms with Crippen molar-refractivity contribution in [2.75, 3.05) is 6.54 Å². The average molecular weight is 327 g/mol. The molecule has 0 atom stereocenters. The van der Waals surface area contributed by atoms with Gasteiger partial charge in [-0.25, -0.2) is 17.9 Å². The van der Waals surface area contributed by atoms with Gasteiger partial charge < -0.3 is 9.84 Å². The summed E-state index contributed by atoms with van der Waals surface area (Å²) in [5, 5.41) is 10.4. The molecule has 0 unspecified atom stereocenters. The van der Waals surface area contributed by atoms with E-state index in [1.165, 1.54) is 30.3 Å². The summed E-state index contributed by atoms with van der Waals surface area (Å²) >= 11 is 1.06. The third-order valence-corrected chi connectivity index (χ3v) is 4.95. The fourth-order valence-corrected chi connectivity index (χ4v) is 3.27.